The van der Waals surface area contributed by atoms with Crippen molar-refractivity contribution in [2.45, 2.75) is 18.6 Å². The van der Waals surface area contributed by atoms with Gasteiger partial charge in [0.25, 0.3) is 0 Å². The van der Waals surface area contributed by atoms with Crippen LogP contribution in [0.2, 0.25) is 0 Å². The van der Waals surface area contributed by atoms with Gasteiger partial charge in [-0.25, -0.2) is 4.79 Å². The Hall–Kier alpha value is -3.83. The highest BCUT2D eigenvalue weighted by Gasteiger charge is 2.23. The van der Waals surface area contributed by atoms with Crippen molar-refractivity contribution >= 4 is 45.7 Å². The molecule has 0 atom stereocenters. The number of nitrogens with one attached hydrogen (secondary N) is 1. The average Bonchev–Trinajstić information content (AvgIpc) is 3.55. The summed E-state index contributed by atoms with van der Waals surface area (Å²) in [6, 6.07) is 15.4. The standard InChI is InChI=1S/C27H29N5O4S2/c1-6-32-24(18-7-11-19(12-8-18)31(2)3)29-30-27(32)38-16-22(33)28-25-23(26(34)36-5)21(15-37-25)17-9-13-20(35-4)14-10-17/h7-15H,6,16H2,1-5H3,(H,28,33). The highest BCUT2D eigenvalue weighted by molar-refractivity contribution is 7.99. The van der Waals surface area contributed by atoms with Crippen LogP contribution in [0.15, 0.2) is 59.1 Å². The van der Waals surface area contributed by atoms with Crippen molar-refractivity contribution in [3.8, 4) is 28.3 Å². The number of hydrogen-bond donors (Lipinski definition) is 1. The first-order valence-corrected chi connectivity index (χ1v) is 13.7. The predicted molar refractivity (Wildman–Crippen MR) is 152 cm³/mol. The Kier molecular flexibility index (Phi) is 8.70. The fraction of sp³-hybridized carbons (Fsp3) is 0.259. The lowest BCUT2D eigenvalue weighted by atomic mass is 10.0. The van der Waals surface area contributed by atoms with Crippen LogP contribution in [0.1, 0.15) is 17.3 Å². The first-order chi connectivity index (χ1) is 18.4. The molecule has 0 fully saturated rings. The van der Waals surface area contributed by atoms with Gasteiger partial charge in [0.2, 0.25) is 5.91 Å². The smallest absolute Gasteiger partial charge is 0.341 e. The van der Waals surface area contributed by atoms with E-state index in [0.29, 0.717) is 33.6 Å². The number of hydrogen-bond acceptors (Lipinski definition) is 9. The number of benzene rings is 2. The summed E-state index contributed by atoms with van der Waals surface area (Å²) in [5.74, 6) is 0.786. The molecule has 2 heterocycles. The zero-order valence-electron chi connectivity index (χ0n) is 21.8. The first-order valence-electron chi connectivity index (χ1n) is 11.8. The molecule has 0 saturated heterocycles. The number of nitrogens with zero attached hydrogens (tertiary/aromatic N) is 4. The third-order valence-electron chi connectivity index (χ3n) is 5.84. The van der Waals surface area contributed by atoms with Crippen molar-refractivity contribution in [3.63, 3.8) is 0 Å². The number of anilines is 2. The highest BCUT2D eigenvalue weighted by atomic mass is 32.2. The maximum absolute atomic E-state index is 12.9. The molecule has 0 saturated carbocycles. The van der Waals surface area contributed by atoms with Crippen LogP contribution >= 0.6 is 23.1 Å². The van der Waals surface area contributed by atoms with Crippen molar-refractivity contribution in [1.29, 1.82) is 0 Å². The molecule has 1 amide bonds. The molecule has 0 spiro atoms. The molecule has 0 aliphatic heterocycles. The Morgan fingerprint density at radius 3 is 2.32 bits per heavy atom. The molecule has 4 rings (SSSR count). The summed E-state index contributed by atoms with van der Waals surface area (Å²) < 4.78 is 12.2. The summed E-state index contributed by atoms with van der Waals surface area (Å²) in [7, 11) is 6.90. The van der Waals surface area contributed by atoms with Gasteiger partial charge in [0, 0.05) is 42.8 Å². The number of carbonyl (C=O) groups is 2. The molecule has 4 aromatic rings. The van der Waals surface area contributed by atoms with Gasteiger partial charge < -0.3 is 24.3 Å². The van der Waals surface area contributed by atoms with Crippen LogP contribution in [0.5, 0.6) is 5.75 Å². The number of amides is 1. The van der Waals surface area contributed by atoms with E-state index in [9.17, 15) is 9.59 Å². The molecular weight excluding hydrogens is 522 g/mol. The summed E-state index contributed by atoms with van der Waals surface area (Å²) >= 11 is 2.57. The van der Waals surface area contributed by atoms with E-state index in [2.05, 4.69) is 15.5 Å². The van der Waals surface area contributed by atoms with Gasteiger partial charge in [-0.05, 0) is 48.9 Å². The normalized spacial score (nSPS) is 10.8. The largest absolute Gasteiger partial charge is 0.497 e. The van der Waals surface area contributed by atoms with E-state index in [1.807, 2.05) is 84.4 Å². The third kappa shape index (κ3) is 5.84. The topological polar surface area (TPSA) is 98.6 Å². The number of carbonyl (C=O) groups excluding carboxylic acids is 2. The van der Waals surface area contributed by atoms with E-state index in [4.69, 9.17) is 9.47 Å². The fourth-order valence-corrected chi connectivity index (χ4v) is 5.61. The molecule has 198 valence electrons. The molecule has 11 heteroatoms. The Bertz CT molecular complexity index is 1410. The van der Waals surface area contributed by atoms with E-state index < -0.39 is 5.97 Å². The predicted octanol–water partition coefficient (Wildman–Crippen LogP) is 5.29. The van der Waals surface area contributed by atoms with Gasteiger partial charge in [-0.15, -0.1) is 21.5 Å². The Balaban J connectivity index is 1.49. The van der Waals surface area contributed by atoms with Crippen LogP contribution in [-0.2, 0) is 16.1 Å². The molecule has 9 nitrogen and oxygen atoms in total. The van der Waals surface area contributed by atoms with Crippen LogP contribution in [0.4, 0.5) is 10.7 Å². The van der Waals surface area contributed by atoms with Crippen molar-refractivity contribution in [3.05, 3.63) is 59.5 Å². The van der Waals surface area contributed by atoms with Crippen LogP contribution in [-0.4, -0.2) is 60.7 Å². The second kappa shape index (κ2) is 12.1. The van der Waals surface area contributed by atoms with E-state index in [1.165, 1.54) is 30.2 Å². The van der Waals surface area contributed by atoms with E-state index in [1.54, 1.807) is 7.11 Å². The van der Waals surface area contributed by atoms with Crippen LogP contribution in [0.3, 0.4) is 0 Å². The minimum atomic E-state index is -0.518. The van der Waals surface area contributed by atoms with Crippen molar-refractivity contribution < 1.29 is 19.1 Å². The third-order valence-corrected chi connectivity index (χ3v) is 7.70. The molecule has 0 radical (unpaired) electrons. The van der Waals surface area contributed by atoms with Gasteiger partial charge in [0.15, 0.2) is 11.0 Å². The van der Waals surface area contributed by atoms with Gasteiger partial charge in [-0.2, -0.15) is 0 Å². The summed E-state index contributed by atoms with van der Waals surface area (Å²) in [6.07, 6.45) is 0. The number of thioether (sulfide) groups is 1. The van der Waals surface area contributed by atoms with Gasteiger partial charge in [0.05, 0.1) is 20.0 Å². The molecular formula is C27H29N5O4S2. The summed E-state index contributed by atoms with van der Waals surface area (Å²) in [5.41, 5.74) is 3.87. The van der Waals surface area contributed by atoms with Gasteiger partial charge >= 0.3 is 5.97 Å². The van der Waals surface area contributed by atoms with Crippen molar-refractivity contribution in [1.82, 2.24) is 14.8 Å². The fourth-order valence-electron chi connectivity index (χ4n) is 3.83. The molecule has 2 aromatic carbocycles. The number of thiophene rings is 1. The second-order valence-electron chi connectivity index (χ2n) is 8.40. The molecule has 0 unspecified atom stereocenters. The average molecular weight is 552 g/mol. The molecule has 2 aromatic heterocycles. The SMILES string of the molecule is CCn1c(SCC(=O)Nc2scc(-c3ccc(OC)cc3)c2C(=O)OC)nnc1-c1ccc(N(C)C)cc1. The summed E-state index contributed by atoms with van der Waals surface area (Å²) in [6.45, 7) is 2.67. The van der Waals surface area contributed by atoms with Crippen molar-refractivity contribution in [2.75, 3.05) is 44.3 Å². The summed E-state index contributed by atoms with van der Waals surface area (Å²) in [5, 5.41) is 14.5. The Morgan fingerprint density at radius 2 is 1.71 bits per heavy atom. The number of rotatable bonds is 10. The Labute approximate surface area is 229 Å². The lowest BCUT2D eigenvalue weighted by Crippen LogP contribution is -2.16. The molecule has 0 aliphatic carbocycles. The van der Waals surface area contributed by atoms with E-state index in [0.717, 1.165) is 22.6 Å². The van der Waals surface area contributed by atoms with E-state index in [-0.39, 0.29) is 11.7 Å². The zero-order chi connectivity index (χ0) is 27.2. The number of ether oxygens (including phenoxy) is 2. The van der Waals surface area contributed by atoms with Gasteiger partial charge in [0.1, 0.15) is 16.3 Å². The molecule has 1 N–H and O–H groups in total. The van der Waals surface area contributed by atoms with E-state index >= 15 is 0 Å². The quantitative estimate of drug-likeness (QED) is 0.210. The first kappa shape index (κ1) is 27.2. The minimum absolute atomic E-state index is 0.105. The molecule has 38 heavy (non-hydrogen) atoms. The second-order valence-corrected chi connectivity index (χ2v) is 10.2. The van der Waals surface area contributed by atoms with Gasteiger partial charge in [-0.1, -0.05) is 23.9 Å². The van der Waals surface area contributed by atoms with Crippen LogP contribution in [0, 0.1) is 0 Å². The maximum Gasteiger partial charge on any atom is 0.341 e. The molecule has 0 bridgehead atoms. The lowest BCUT2D eigenvalue weighted by Gasteiger charge is -2.13. The number of methoxy groups -OCH3 is 2. The van der Waals surface area contributed by atoms with Crippen molar-refractivity contribution in [2.24, 2.45) is 0 Å². The van der Waals surface area contributed by atoms with Crippen LogP contribution in [0.25, 0.3) is 22.5 Å². The highest BCUT2D eigenvalue weighted by Crippen LogP contribution is 2.37. The maximum atomic E-state index is 12.9. The lowest BCUT2D eigenvalue weighted by molar-refractivity contribution is -0.113. The van der Waals surface area contributed by atoms with Crippen LogP contribution < -0.4 is 15.0 Å². The Morgan fingerprint density at radius 1 is 1.03 bits per heavy atom. The molecule has 0 aliphatic rings. The monoisotopic (exact) mass is 551 g/mol. The minimum Gasteiger partial charge on any atom is -0.497 e. The number of aromatic nitrogens is 3. The zero-order valence-corrected chi connectivity index (χ0v) is 23.5. The number of esters is 1. The summed E-state index contributed by atoms with van der Waals surface area (Å²) in [4.78, 5) is 27.6. The van der Waals surface area contributed by atoms with Gasteiger partial charge in [-0.3, -0.25) is 4.79 Å².